The van der Waals surface area contributed by atoms with Gasteiger partial charge in [0.25, 0.3) is 0 Å². The van der Waals surface area contributed by atoms with E-state index in [2.05, 4.69) is 0 Å². The molecule has 1 aromatic carbocycles. The molecule has 0 aliphatic rings. The molecule has 0 radical (unpaired) electrons. The lowest BCUT2D eigenvalue weighted by atomic mass is 10.2. The molecule has 76 valence electrons. The molecule has 0 heterocycles. The highest BCUT2D eigenvalue weighted by Crippen LogP contribution is 2.22. The average Bonchev–Trinajstić information content (AvgIpc) is 2.11. The van der Waals surface area contributed by atoms with Crippen LogP contribution in [0.15, 0.2) is 18.2 Å². The zero-order valence-electron chi connectivity index (χ0n) is 8.05. The molecule has 0 fully saturated rings. The number of benzene rings is 1. The first-order chi connectivity index (χ1) is 6.50. The number of carbonyl (C=O) groups excluding carboxylic acids is 1. The van der Waals surface area contributed by atoms with E-state index in [-0.39, 0.29) is 5.91 Å². The Morgan fingerprint density at radius 2 is 2.00 bits per heavy atom. The second-order valence-electron chi connectivity index (χ2n) is 3.12. The molecule has 0 unspecified atom stereocenters. The fourth-order valence-corrected chi connectivity index (χ4v) is 1.34. The first-order valence-electron chi connectivity index (χ1n) is 4.16. The van der Waals surface area contributed by atoms with Gasteiger partial charge in [-0.15, -0.1) is 0 Å². The molecule has 0 saturated heterocycles. The van der Waals surface area contributed by atoms with Crippen LogP contribution in [0.3, 0.4) is 0 Å². The quantitative estimate of drug-likeness (QED) is 0.767. The number of nitrogens with zero attached hydrogens (tertiary/aromatic N) is 1. The van der Waals surface area contributed by atoms with Crippen LogP contribution in [-0.2, 0) is 11.3 Å². The van der Waals surface area contributed by atoms with Crippen LogP contribution in [-0.4, -0.2) is 17.9 Å². The van der Waals surface area contributed by atoms with E-state index in [4.69, 9.17) is 23.2 Å². The van der Waals surface area contributed by atoms with Crippen LogP contribution < -0.4 is 0 Å². The summed E-state index contributed by atoms with van der Waals surface area (Å²) in [5.74, 6) is 0.0241. The van der Waals surface area contributed by atoms with Gasteiger partial charge in [-0.2, -0.15) is 0 Å². The molecular formula is C10H11Cl2NO. The maximum absolute atomic E-state index is 11.0. The van der Waals surface area contributed by atoms with Crippen molar-refractivity contribution in [3.8, 4) is 0 Å². The summed E-state index contributed by atoms with van der Waals surface area (Å²) in [6.07, 6.45) is 0. The summed E-state index contributed by atoms with van der Waals surface area (Å²) in [6.45, 7) is 2.07. The molecule has 0 atom stereocenters. The van der Waals surface area contributed by atoms with Crippen LogP contribution in [0.25, 0.3) is 0 Å². The second-order valence-corrected chi connectivity index (χ2v) is 3.94. The lowest BCUT2D eigenvalue weighted by Gasteiger charge is -2.14. The molecule has 0 N–H and O–H groups in total. The number of hydrogen-bond donors (Lipinski definition) is 0. The minimum atomic E-state index is 0.0241. The maximum Gasteiger partial charge on any atom is 0.219 e. The summed E-state index contributed by atoms with van der Waals surface area (Å²) in [7, 11) is 1.74. The minimum absolute atomic E-state index is 0.0241. The van der Waals surface area contributed by atoms with E-state index in [0.717, 1.165) is 5.56 Å². The molecule has 2 nitrogen and oxygen atoms in total. The van der Waals surface area contributed by atoms with Crippen LogP contribution in [0.4, 0.5) is 0 Å². The van der Waals surface area contributed by atoms with Crippen LogP contribution >= 0.6 is 23.2 Å². The van der Waals surface area contributed by atoms with Crippen molar-refractivity contribution in [1.82, 2.24) is 4.90 Å². The van der Waals surface area contributed by atoms with Gasteiger partial charge in [-0.1, -0.05) is 29.3 Å². The number of rotatable bonds is 2. The predicted molar refractivity (Wildman–Crippen MR) is 58.6 cm³/mol. The summed E-state index contributed by atoms with van der Waals surface area (Å²) >= 11 is 11.6. The Kier molecular flexibility index (Phi) is 3.78. The monoisotopic (exact) mass is 231 g/mol. The first-order valence-corrected chi connectivity index (χ1v) is 4.92. The smallest absolute Gasteiger partial charge is 0.219 e. The maximum atomic E-state index is 11.0. The molecule has 4 heteroatoms. The highest BCUT2D eigenvalue weighted by atomic mass is 35.5. The highest BCUT2D eigenvalue weighted by molar-refractivity contribution is 6.42. The molecule has 0 saturated carbocycles. The third kappa shape index (κ3) is 2.89. The van der Waals surface area contributed by atoms with Gasteiger partial charge in [0.15, 0.2) is 0 Å². The van der Waals surface area contributed by atoms with Gasteiger partial charge in [-0.05, 0) is 17.7 Å². The normalized spacial score (nSPS) is 10.0. The van der Waals surface area contributed by atoms with Crippen molar-refractivity contribution in [2.75, 3.05) is 7.05 Å². The Labute approximate surface area is 93.4 Å². The van der Waals surface area contributed by atoms with Crippen LogP contribution in [0.1, 0.15) is 12.5 Å². The van der Waals surface area contributed by atoms with Gasteiger partial charge < -0.3 is 4.90 Å². The molecule has 0 bridgehead atoms. The number of hydrogen-bond acceptors (Lipinski definition) is 1. The fraction of sp³-hybridized carbons (Fsp3) is 0.300. The topological polar surface area (TPSA) is 20.3 Å². The van der Waals surface area contributed by atoms with Crippen LogP contribution in [0, 0.1) is 0 Å². The molecule has 0 aromatic heterocycles. The van der Waals surface area contributed by atoms with E-state index in [9.17, 15) is 4.79 Å². The standard InChI is InChI=1S/C10H11Cl2NO/c1-7(14)13(2)6-8-3-4-9(11)10(12)5-8/h3-5H,6H2,1-2H3. The third-order valence-electron chi connectivity index (χ3n) is 1.94. The number of halogens is 2. The second kappa shape index (κ2) is 4.67. The van der Waals surface area contributed by atoms with E-state index in [0.29, 0.717) is 16.6 Å². The average molecular weight is 232 g/mol. The van der Waals surface area contributed by atoms with Crippen molar-refractivity contribution < 1.29 is 4.79 Å². The van der Waals surface area contributed by atoms with Gasteiger partial charge in [0.05, 0.1) is 10.0 Å². The first kappa shape index (κ1) is 11.3. The highest BCUT2D eigenvalue weighted by Gasteiger charge is 2.04. The van der Waals surface area contributed by atoms with E-state index < -0.39 is 0 Å². The predicted octanol–water partition coefficient (Wildman–Crippen LogP) is 2.97. The molecule has 14 heavy (non-hydrogen) atoms. The van der Waals surface area contributed by atoms with E-state index in [1.165, 1.54) is 6.92 Å². The lowest BCUT2D eigenvalue weighted by molar-refractivity contribution is -0.128. The fourth-order valence-electron chi connectivity index (χ4n) is 1.02. The Morgan fingerprint density at radius 3 is 2.50 bits per heavy atom. The van der Waals surface area contributed by atoms with Gasteiger partial charge in [0, 0.05) is 20.5 Å². The lowest BCUT2D eigenvalue weighted by Crippen LogP contribution is -2.22. The van der Waals surface area contributed by atoms with Gasteiger partial charge in [-0.3, -0.25) is 4.79 Å². The van der Waals surface area contributed by atoms with Crippen molar-refractivity contribution in [2.24, 2.45) is 0 Å². The molecule has 1 aromatic rings. The van der Waals surface area contributed by atoms with Crippen molar-refractivity contribution >= 4 is 29.1 Å². The van der Waals surface area contributed by atoms with Gasteiger partial charge in [0.2, 0.25) is 5.91 Å². The zero-order valence-corrected chi connectivity index (χ0v) is 9.56. The van der Waals surface area contributed by atoms with Gasteiger partial charge in [0.1, 0.15) is 0 Å². The van der Waals surface area contributed by atoms with Crippen molar-refractivity contribution in [3.63, 3.8) is 0 Å². The largest absolute Gasteiger partial charge is 0.342 e. The number of carbonyl (C=O) groups is 1. The van der Waals surface area contributed by atoms with E-state index in [1.807, 2.05) is 6.07 Å². The summed E-state index contributed by atoms with van der Waals surface area (Å²) < 4.78 is 0. The van der Waals surface area contributed by atoms with Crippen molar-refractivity contribution in [1.29, 1.82) is 0 Å². The minimum Gasteiger partial charge on any atom is -0.342 e. The molecular weight excluding hydrogens is 221 g/mol. The molecule has 1 rings (SSSR count). The number of amides is 1. The SMILES string of the molecule is CC(=O)N(C)Cc1ccc(Cl)c(Cl)c1. The molecule has 1 amide bonds. The Bertz CT molecular complexity index is 352. The van der Waals surface area contributed by atoms with Crippen LogP contribution in [0.2, 0.25) is 10.0 Å². The Morgan fingerprint density at radius 1 is 1.36 bits per heavy atom. The Hall–Kier alpha value is -0.730. The van der Waals surface area contributed by atoms with Gasteiger partial charge in [-0.25, -0.2) is 0 Å². The molecule has 0 aliphatic carbocycles. The summed E-state index contributed by atoms with van der Waals surface area (Å²) in [6, 6.07) is 5.35. The van der Waals surface area contributed by atoms with E-state index in [1.54, 1.807) is 24.1 Å². The van der Waals surface area contributed by atoms with Crippen molar-refractivity contribution in [3.05, 3.63) is 33.8 Å². The summed E-state index contributed by atoms with van der Waals surface area (Å²) in [4.78, 5) is 12.6. The van der Waals surface area contributed by atoms with Crippen molar-refractivity contribution in [2.45, 2.75) is 13.5 Å². The van der Waals surface area contributed by atoms with E-state index >= 15 is 0 Å². The Balaban J connectivity index is 2.78. The third-order valence-corrected chi connectivity index (χ3v) is 2.68. The summed E-state index contributed by atoms with van der Waals surface area (Å²) in [5.41, 5.74) is 0.970. The molecule has 0 aliphatic heterocycles. The summed E-state index contributed by atoms with van der Waals surface area (Å²) in [5, 5.41) is 1.04. The van der Waals surface area contributed by atoms with Gasteiger partial charge >= 0.3 is 0 Å². The zero-order chi connectivity index (χ0) is 10.7. The van der Waals surface area contributed by atoms with Crippen LogP contribution in [0.5, 0.6) is 0 Å². The molecule has 0 spiro atoms.